The number of aromatic nitrogens is 3. The smallest absolute Gasteiger partial charge is 0.319 e. The molecule has 162 valence electrons. The maximum atomic E-state index is 13.2. The number of amides is 2. The summed E-state index contributed by atoms with van der Waals surface area (Å²) in [4.78, 5) is 16.7. The number of carbonyl (C=O) groups is 1. The molecule has 2 aromatic carbocycles. The lowest BCUT2D eigenvalue weighted by Crippen LogP contribution is -2.33. The molecule has 4 aromatic rings. The van der Waals surface area contributed by atoms with Gasteiger partial charge in [0.1, 0.15) is 25.3 Å². The highest BCUT2D eigenvalue weighted by molar-refractivity contribution is 6.36. The van der Waals surface area contributed by atoms with E-state index in [-0.39, 0.29) is 12.2 Å². The molecule has 0 aliphatic rings. The summed E-state index contributed by atoms with van der Waals surface area (Å²) >= 11 is 6.34. The maximum absolute atomic E-state index is 13.2. The van der Waals surface area contributed by atoms with Crippen LogP contribution in [-0.2, 0) is 0 Å². The van der Waals surface area contributed by atoms with Crippen molar-refractivity contribution >= 4 is 48.1 Å². The van der Waals surface area contributed by atoms with Crippen LogP contribution in [0.3, 0.4) is 0 Å². The first kappa shape index (κ1) is 21.6. The quantitative estimate of drug-likeness (QED) is 0.309. The van der Waals surface area contributed by atoms with Gasteiger partial charge in [0.2, 0.25) is 0 Å². The zero-order valence-corrected chi connectivity index (χ0v) is 17.8. The SMILES string of the molecule is Bc1cnn2c(NCCNC(=O)Nc3cc(F)cc(F)c3)cc(-c3ccccc3Cl)nc12. The van der Waals surface area contributed by atoms with Crippen LogP contribution in [-0.4, -0.2) is 41.6 Å². The van der Waals surface area contributed by atoms with Gasteiger partial charge in [-0.3, -0.25) is 0 Å². The molecular weight excluding hydrogens is 437 g/mol. The van der Waals surface area contributed by atoms with Crippen LogP contribution in [0.15, 0.2) is 54.7 Å². The largest absolute Gasteiger partial charge is 0.368 e. The summed E-state index contributed by atoms with van der Waals surface area (Å²) in [5.41, 5.74) is 3.10. The molecule has 0 aliphatic carbocycles. The highest BCUT2D eigenvalue weighted by atomic mass is 35.5. The lowest BCUT2D eigenvalue weighted by atomic mass is 10.0. The molecule has 0 saturated carbocycles. The van der Waals surface area contributed by atoms with E-state index in [0.717, 1.165) is 29.2 Å². The van der Waals surface area contributed by atoms with E-state index in [1.807, 2.05) is 32.1 Å². The summed E-state index contributed by atoms with van der Waals surface area (Å²) in [6.07, 6.45) is 1.72. The standard InChI is InChI=1S/C21H18BClF2N6O/c22-16-11-28-31-19(10-18(30-20(16)31)15-3-1-2-4-17(15)23)26-5-6-27-21(32)29-14-8-12(24)7-13(25)9-14/h1-4,7-11,26H,5-6,22H2,(H2,27,29,32). The van der Waals surface area contributed by atoms with Crippen LogP contribution in [0.25, 0.3) is 16.9 Å². The van der Waals surface area contributed by atoms with Gasteiger partial charge in [0, 0.05) is 47.7 Å². The Bertz CT molecular complexity index is 1280. The fraction of sp³-hybridized carbons (Fsp3) is 0.0952. The number of urea groups is 1. The lowest BCUT2D eigenvalue weighted by molar-refractivity contribution is 0.252. The first-order valence-electron chi connectivity index (χ1n) is 9.76. The van der Waals surface area contributed by atoms with Crippen molar-refractivity contribution in [2.24, 2.45) is 0 Å². The van der Waals surface area contributed by atoms with E-state index in [0.29, 0.717) is 28.7 Å². The maximum Gasteiger partial charge on any atom is 0.319 e. The molecule has 2 amide bonds. The first-order chi connectivity index (χ1) is 15.4. The van der Waals surface area contributed by atoms with Gasteiger partial charge in [-0.1, -0.05) is 29.8 Å². The van der Waals surface area contributed by atoms with Crippen LogP contribution in [0.1, 0.15) is 0 Å². The van der Waals surface area contributed by atoms with E-state index < -0.39 is 17.7 Å². The Kier molecular flexibility index (Phi) is 6.22. The summed E-state index contributed by atoms with van der Waals surface area (Å²) in [5.74, 6) is -0.868. The van der Waals surface area contributed by atoms with Crippen molar-refractivity contribution in [3.8, 4) is 11.3 Å². The van der Waals surface area contributed by atoms with Gasteiger partial charge in [-0.2, -0.15) is 9.61 Å². The van der Waals surface area contributed by atoms with Crippen LogP contribution in [0, 0.1) is 11.6 Å². The molecule has 0 spiro atoms. The zero-order chi connectivity index (χ0) is 22.7. The number of fused-ring (bicyclic) bond motifs is 1. The predicted octanol–water partition coefficient (Wildman–Crippen LogP) is 2.82. The molecule has 4 rings (SSSR count). The number of rotatable bonds is 6. The third kappa shape index (κ3) is 4.81. The Morgan fingerprint density at radius 1 is 1.09 bits per heavy atom. The van der Waals surface area contributed by atoms with E-state index >= 15 is 0 Å². The molecule has 3 N–H and O–H groups in total. The highest BCUT2D eigenvalue weighted by Gasteiger charge is 2.12. The molecule has 0 radical (unpaired) electrons. The second-order valence-corrected chi connectivity index (χ2v) is 7.44. The molecule has 0 atom stereocenters. The Labute approximate surface area is 188 Å². The summed E-state index contributed by atoms with van der Waals surface area (Å²) in [6, 6.07) is 11.5. The summed E-state index contributed by atoms with van der Waals surface area (Å²) in [7, 11) is 1.91. The van der Waals surface area contributed by atoms with Crippen molar-refractivity contribution in [1.82, 2.24) is 19.9 Å². The molecule has 11 heteroatoms. The third-order valence-corrected chi connectivity index (χ3v) is 4.96. The molecule has 2 aromatic heterocycles. The Hall–Kier alpha value is -3.66. The first-order valence-corrected chi connectivity index (χ1v) is 10.1. The third-order valence-electron chi connectivity index (χ3n) is 4.64. The lowest BCUT2D eigenvalue weighted by Gasteiger charge is -2.13. The summed E-state index contributed by atoms with van der Waals surface area (Å²) in [6.45, 7) is 0.611. The van der Waals surface area contributed by atoms with E-state index in [1.54, 1.807) is 16.8 Å². The molecule has 32 heavy (non-hydrogen) atoms. The molecule has 2 heterocycles. The molecular formula is C21H18BClF2N6O. The molecule has 0 unspecified atom stereocenters. The van der Waals surface area contributed by atoms with Crippen molar-refractivity contribution in [3.05, 3.63) is 71.4 Å². The fourth-order valence-corrected chi connectivity index (χ4v) is 3.41. The van der Waals surface area contributed by atoms with Gasteiger partial charge in [0.15, 0.2) is 5.65 Å². The number of nitrogens with one attached hydrogen (secondary N) is 3. The van der Waals surface area contributed by atoms with Gasteiger partial charge in [0.05, 0.1) is 5.69 Å². The summed E-state index contributed by atoms with van der Waals surface area (Å²) in [5, 5.41) is 13.2. The zero-order valence-electron chi connectivity index (χ0n) is 17.0. The molecule has 0 saturated heterocycles. The molecule has 7 nitrogen and oxygen atoms in total. The molecule has 0 aliphatic heterocycles. The second kappa shape index (κ2) is 9.23. The second-order valence-electron chi connectivity index (χ2n) is 7.04. The van der Waals surface area contributed by atoms with Gasteiger partial charge in [-0.25, -0.2) is 18.6 Å². The van der Waals surface area contributed by atoms with Crippen LogP contribution < -0.4 is 21.4 Å². The number of hydrogen-bond acceptors (Lipinski definition) is 4. The van der Waals surface area contributed by atoms with E-state index in [4.69, 9.17) is 11.6 Å². The average Bonchev–Trinajstić information content (AvgIpc) is 3.11. The number of nitrogens with zero attached hydrogens (tertiary/aromatic N) is 3. The van der Waals surface area contributed by atoms with Crippen molar-refractivity contribution in [2.75, 3.05) is 23.7 Å². The minimum atomic E-state index is -0.771. The van der Waals surface area contributed by atoms with Gasteiger partial charge in [-0.15, -0.1) is 0 Å². The topological polar surface area (TPSA) is 83.3 Å². The van der Waals surface area contributed by atoms with Crippen LogP contribution in [0.4, 0.5) is 25.1 Å². The Morgan fingerprint density at radius 2 is 1.84 bits per heavy atom. The van der Waals surface area contributed by atoms with Crippen molar-refractivity contribution in [2.45, 2.75) is 0 Å². The van der Waals surface area contributed by atoms with Crippen molar-refractivity contribution in [1.29, 1.82) is 0 Å². The van der Waals surface area contributed by atoms with Gasteiger partial charge < -0.3 is 16.0 Å². The Balaban J connectivity index is 1.44. The van der Waals surface area contributed by atoms with Crippen LogP contribution in [0.5, 0.6) is 0 Å². The number of hydrogen-bond donors (Lipinski definition) is 3. The van der Waals surface area contributed by atoms with Gasteiger partial charge in [-0.05, 0) is 23.7 Å². The summed E-state index contributed by atoms with van der Waals surface area (Å²) < 4.78 is 28.1. The number of anilines is 2. The van der Waals surface area contributed by atoms with Gasteiger partial charge >= 0.3 is 6.03 Å². The van der Waals surface area contributed by atoms with Crippen LogP contribution >= 0.6 is 11.6 Å². The fourth-order valence-electron chi connectivity index (χ4n) is 3.17. The van der Waals surface area contributed by atoms with E-state index in [1.165, 1.54) is 0 Å². The van der Waals surface area contributed by atoms with E-state index in [2.05, 4.69) is 26.0 Å². The Morgan fingerprint density at radius 3 is 2.59 bits per heavy atom. The molecule has 0 fully saturated rings. The van der Waals surface area contributed by atoms with Crippen molar-refractivity contribution < 1.29 is 13.6 Å². The number of halogens is 3. The predicted molar refractivity (Wildman–Crippen MR) is 123 cm³/mol. The highest BCUT2D eigenvalue weighted by Crippen LogP contribution is 2.28. The minimum absolute atomic E-state index is 0.0280. The van der Waals surface area contributed by atoms with Gasteiger partial charge in [0.25, 0.3) is 0 Å². The van der Waals surface area contributed by atoms with Crippen molar-refractivity contribution in [3.63, 3.8) is 0 Å². The number of carbonyl (C=O) groups excluding carboxylic acids is 1. The number of benzene rings is 2. The van der Waals surface area contributed by atoms with E-state index in [9.17, 15) is 13.6 Å². The monoisotopic (exact) mass is 454 g/mol. The van der Waals surface area contributed by atoms with Crippen LogP contribution in [0.2, 0.25) is 5.02 Å². The molecule has 0 bridgehead atoms. The normalized spacial score (nSPS) is 10.8. The average molecular weight is 455 g/mol. The minimum Gasteiger partial charge on any atom is -0.368 e.